The molecule has 1 N–H and O–H groups in total. The van der Waals surface area contributed by atoms with Gasteiger partial charge in [0, 0.05) is 17.2 Å². The van der Waals surface area contributed by atoms with Crippen molar-refractivity contribution in [3.63, 3.8) is 0 Å². The van der Waals surface area contributed by atoms with Crippen LogP contribution in [0.3, 0.4) is 0 Å². The number of anilines is 1. The molecule has 0 saturated carbocycles. The number of hydrogen-bond acceptors (Lipinski definition) is 5. The summed E-state index contributed by atoms with van der Waals surface area (Å²) in [7, 11) is 0. The minimum Gasteiger partial charge on any atom is -0.457 e. The van der Waals surface area contributed by atoms with E-state index in [0.29, 0.717) is 22.6 Å². The van der Waals surface area contributed by atoms with Crippen LogP contribution in [0.15, 0.2) is 70.7 Å². The third kappa shape index (κ3) is 3.39. The van der Waals surface area contributed by atoms with Crippen LogP contribution in [0.5, 0.6) is 0 Å². The molecule has 1 aliphatic rings. The number of furan rings is 1. The predicted molar refractivity (Wildman–Crippen MR) is 106 cm³/mol. The van der Waals surface area contributed by atoms with E-state index in [-0.39, 0.29) is 17.0 Å². The van der Waals surface area contributed by atoms with Gasteiger partial charge in [-0.25, -0.2) is 5.01 Å². The molecule has 0 unspecified atom stereocenters. The molecule has 1 fully saturated rings. The lowest BCUT2D eigenvalue weighted by Gasteiger charge is -2.13. The number of hydrazine groups is 1. The van der Waals surface area contributed by atoms with Crippen LogP contribution < -0.4 is 10.4 Å². The molecule has 2 aromatic carbocycles. The molecular weight excluding hydrogens is 374 g/mol. The summed E-state index contributed by atoms with van der Waals surface area (Å²) in [5.41, 5.74) is 4.05. The average molecular weight is 389 g/mol. The van der Waals surface area contributed by atoms with E-state index in [0.717, 1.165) is 0 Å². The maximum atomic E-state index is 12.6. The van der Waals surface area contributed by atoms with Crippen molar-refractivity contribution in [2.45, 2.75) is 6.92 Å². The van der Waals surface area contributed by atoms with Crippen molar-refractivity contribution in [1.82, 2.24) is 5.43 Å². The second-order valence-corrected chi connectivity index (χ2v) is 6.44. The molecule has 4 rings (SSSR count). The lowest BCUT2D eigenvalue weighted by atomic mass is 10.1. The van der Waals surface area contributed by atoms with E-state index in [1.165, 1.54) is 17.2 Å². The molecule has 1 saturated heterocycles. The number of para-hydroxylation sites is 1. The Labute approximate surface area is 165 Å². The Bertz CT molecular complexity index is 1160. The van der Waals surface area contributed by atoms with Crippen LogP contribution >= 0.6 is 0 Å². The average Bonchev–Trinajstić information content (AvgIpc) is 3.29. The molecule has 1 aliphatic heterocycles. The molecule has 1 aromatic heterocycles. The standard InChI is InChI=1S/C21H15N3O5/c1-13-7-8-14(11-18(13)24(27)28)19-10-9-16(29-19)12-17-20(25)22-23(21(17)26)15-5-3-2-4-6-15/h2-12H,1H3,(H,22,25)/b17-12-. The zero-order valence-electron chi connectivity index (χ0n) is 15.3. The van der Waals surface area contributed by atoms with Crippen LogP contribution in [0, 0.1) is 17.0 Å². The van der Waals surface area contributed by atoms with Crippen molar-refractivity contribution in [3.05, 3.63) is 87.7 Å². The number of aryl methyl sites for hydroxylation is 1. The molecule has 0 bridgehead atoms. The Balaban J connectivity index is 1.63. The summed E-state index contributed by atoms with van der Waals surface area (Å²) < 4.78 is 5.69. The summed E-state index contributed by atoms with van der Waals surface area (Å²) in [6, 6.07) is 16.7. The fourth-order valence-electron chi connectivity index (χ4n) is 3.00. The maximum Gasteiger partial charge on any atom is 0.282 e. The number of benzene rings is 2. The third-order valence-corrected chi connectivity index (χ3v) is 4.51. The van der Waals surface area contributed by atoms with Crippen LogP contribution in [-0.2, 0) is 9.59 Å². The van der Waals surface area contributed by atoms with Crippen molar-refractivity contribution in [2.24, 2.45) is 0 Å². The SMILES string of the molecule is Cc1ccc(-c2ccc(/C=C3/C(=O)NN(c4ccccc4)C3=O)o2)cc1[N+](=O)[O-]. The molecule has 3 aromatic rings. The number of rotatable bonds is 4. The largest absolute Gasteiger partial charge is 0.457 e. The number of nitro benzene ring substituents is 1. The third-order valence-electron chi connectivity index (χ3n) is 4.51. The fraction of sp³-hybridized carbons (Fsp3) is 0.0476. The van der Waals surface area contributed by atoms with E-state index >= 15 is 0 Å². The Morgan fingerprint density at radius 2 is 1.83 bits per heavy atom. The van der Waals surface area contributed by atoms with Gasteiger partial charge < -0.3 is 4.42 Å². The first-order valence-corrected chi connectivity index (χ1v) is 8.71. The summed E-state index contributed by atoms with van der Waals surface area (Å²) in [6.45, 7) is 1.66. The molecule has 0 atom stereocenters. The van der Waals surface area contributed by atoms with Crippen LogP contribution in [0.1, 0.15) is 11.3 Å². The molecule has 144 valence electrons. The van der Waals surface area contributed by atoms with E-state index in [4.69, 9.17) is 4.42 Å². The number of carbonyl (C=O) groups is 2. The van der Waals surface area contributed by atoms with Crippen molar-refractivity contribution in [3.8, 4) is 11.3 Å². The van der Waals surface area contributed by atoms with E-state index < -0.39 is 16.7 Å². The normalized spacial score (nSPS) is 15.1. The van der Waals surface area contributed by atoms with Gasteiger partial charge in [-0.2, -0.15) is 0 Å². The molecule has 29 heavy (non-hydrogen) atoms. The highest BCUT2D eigenvalue weighted by molar-refractivity contribution is 6.31. The van der Waals surface area contributed by atoms with Crippen molar-refractivity contribution in [2.75, 3.05) is 5.01 Å². The van der Waals surface area contributed by atoms with Gasteiger partial charge in [0.2, 0.25) is 0 Å². The van der Waals surface area contributed by atoms with Gasteiger partial charge in [0.05, 0.1) is 10.6 Å². The smallest absolute Gasteiger partial charge is 0.282 e. The van der Waals surface area contributed by atoms with Crippen LogP contribution in [0.4, 0.5) is 11.4 Å². The highest BCUT2D eigenvalue weighted by Gasteiger charge is 2.34. The van der Waals surface area contributed by atoms with E-state index in [2.05, 4.69) is 5.43 Å². The minimum atomic E-state index is -0.539. The van der Waals surface area contributed by atoms with Gasteiger partial charge in [0.15, 0.2) is 0 Å². The zero-order chi connectivity index (χ0) is 20.5. The highest BCUT2D eigenvalue weighted by atomic mass is 16.6. The summed E-state index contributed by atoms with van der Waals surface area (Å²) >= 11 is 0. The number of amides is 2. The number of nitrogens with zero attached hydrogens (tertiary/aromatic N) is 2. The zero-order valence-corrected chi connectivity index (χ0v) is 15.3. The van der Waals surface area contributed by atoms with Crippen LogP contribution in [-0.4, -0.2) is 16.7 Å². The molecule has 8 nitrogen and oxygen atoms in total. The first-order chi connectivity index (χ1) is 13.9. The predicted octanol–water partition coefficient (Wildman–Crippen LogP) is 3.62. The van der Waals surface area contributed by atoms with Gasteiger partial charge in [0.25, 0.3) is 17.5 Å². The number of hydrogen-bond donors (Lipinski definition) is 1. The summed E-state index contributed by atoms with van der Waals surface area (Å²) in [5.74, 6) is -0.352. The molecule has 0 aliphatic carbocycles. The second kappa shape index (κ2) is 7.08. The topological polar surface area (TPSA) is 106 Å². The van der Waals surface area contributed by atoms with Crippen LogP contribution in [0.25, 0.3) is 17.4 Å². The van der Waals surface area contributed by atoms with Crippen molar-refractivity contribution < 1.29 is 18.9 Å². The van der Waals surface area contributed by atoms with Gasteiger partial charge in [-0.3, -0.25) is 25.1 Å². The highest BCUT2D eigenvalue weighted by Crippen LogP contribution is 2.29. The second-order valence-electron chi connectivity index (χ2n) is 6.44. The summed E-state index contributed by atoms with van der Waals surface area (Å²) in [6.07, 6.45) is 1.35. The van der Waals surface area contributed by atoms with Crippen molar-refractivity contribution >= 4 is 29.3 Å². The Kier molecular flexibility index (Phi) is 4.44. The van der Waals surface area contributed by atoms with E-state index in [1.54, 1.807) is 55.5 Å². The number of nitrogens with one attached hydrogen (secondary N) is 1. The quantitative estimate of drug-likeness (QED) is 0.317. The first kappa shape index (κ1) is 18.2. The first-order valence-electron chi connectivity index (χ1n) is 8.71. The molecular formula is C21H15N3O5. The van der Waals surface area contributed by atoms with E-state index in [9.17, 15) is 19.7 Å². The molecule has 8 heteroatoms. The lowest BCUT2D eigenvalue weighted by Crippen LogP contribution is -2.35. The molecule has 0 radical (unpaired) electrons. The van der Waals surface area contributed by atoms with Crippen LogP contribution in [0.2, 0.25) is 0 Å². The molecule has 2 heterocycles. The Hall–Kier alpha value is -4.20. The van der Waals surface area contributed by atoms with Gasteiger partial charge in [-0.1, -0.05) is 30.3 Å². The Morgan fingerprint density at radius 3 is 2.55 bits per heavy atom. The minimum absolute atomic E-state index is 0.0114. The van der Waals surface area contributed by atoms with Gasteiger partial charge in [0.1, 0.15) is 17.1 Å². The van der Waals surface area contributed by atoms with Crippen molar-refractivity contribution in [1.29, 1.82) is 0 Å². The molecule has 2 amide bonds. The monoisotopic (exact) mass is 389 g/mol. The fourth-order valence-corrected chi connectivity index (χ4v) is 3.00. The Morgan fingerprint density at radius 1 is 1.07 bits per heavy atom. The maximum absolute atomic E-state index is 12.6. The number of nitro groups is 1. The molecule has 0 spiro atoms. The number of carbonyl (C=O) groups excluding carboxylic acids is 2. The van der Waals surface area contributed by atoms with Gasteiger partial charge in [-0.15, -0.1) is 0 Å². The van der Waals surface area contributed by atoms with E-state index in [1.807, 2.05) is 6.07 Å². The summed E-state index contributed by atoms with van der Waals surface area (Å²) in [5, 5.41) is 12.3. The summed E-state index contributed by atoms with van der Waals surface area (Å²) in [4.78, 5) is 35.5. The van der Waals surface area contributed by atoms with Gasteiger partial charge in [-0.05, 0) is 37.3 Å². The lowest BCUT2D eigenvalue weighted by molar-refractivity contribution is -0.385. The van der Waals surface area contributed by atoms with Gasteiger partial charge >= 0.3 is 0 Å².